The fourth-order valence-electron chi connectivity index (χ4n) is 1.97. The highest BCUT2D eigenvalue weighted by molar-refractivity contribution is 6.31. The molecule has 0 N–H and O–H groups in total. The highest BCUT2D eigenvalue weighted by atomic mass is 35.5. The van der Waals surface area contributed by atoms with Crippen molar-refractivity contribution in [1.82, 2.24) is 0 Å². The minimum Gasteiger partial charge on any atom is -0.211 e. The first-order chi connectivity index (χ1) is 7.60. The van der Waals surface area contributed by atoms with E-state index in [9.17, 15) is 13.6 Å². The van der Waals surface area contributed by atoms with Gasteiger partial charge in [0, 0.05) is 5.56 Å². The van der Waals surface area contributed by atoms with E-state index < -0.39 is 17.2 Å². The molecule has 2 nitrogen and oxygen atoms in total. The number of isocyanates is 1. The summed E-state index contributed by atoms with van der Waals surface area (Å²) in [6.45, 7) is 0. The van der Waals surface area contributed by atoms with Crippen LogP contribution in [0.3, 0.4) is 0 Å². The number of aliphatic imine (C=N–C) groups is 1. The summed E-state index contributed by atoms with van der Waals surface area (Å²) in [5.41, 5.74) is -1.03. The molecule has 1 aromatic carbocycles. The van der Waals surface area contributed by atoms with E-state index in [1.54, 1.807) is 0 Å². The summed E-state index contributed by atoms with van der Waals surface area (Å²) in [6, 6.07) is 1.95. The standard InChI is InChI=1S/C11H8ClF2NO/c12-10-8(14)3-2-7(13)9(10)11(15-6-16)4-1-5-11/h2-3H,1,4-5H2. The van der Waals surface area contributed by atoms with E-state index in [1.807, 2.05) is 0 Å². The van der Waals surface area contributed by atoms with Gasteiger partial charge in [0.25, 0.3) is 0 Å². The number of benzene rings is 1. The van der Waals surface area contributed by atoms with Gasteiger partial charge in [0.2, 0.25) is 6.08 Å². The fourth-order valence-corrected chi connectivity index (χ4v) is 2.30. The molecular formula is C11H8ClF2NO. The van der Waals surface area contributed by atoms with Gasteiger partial charge in [-0.05, 0) is 31.4 Å². The van der Waals surface area contributed by atoms with E-state index in [0.29, 0.717) is 12.8 Å². The number of carbonyl (C=O) groups excluding carboxylic acids is 1. The van der Waals surface area contributed by atoms with Crippen LogP contribution in [0.25, 0.3) is 0 Å². The lowest BCUT2D eigenvalue weighted by Crippen LogP contribution is -2.33. The zero-order valence-electron chi connectivity index (χ0n) is 8.27. The van der Waals surface area contributed by atoms with Crippen molar-refractivity contribution in [2.24, 2.45) is 4.99 Å². The van der Waals surface area contributed by atoms with E-state index >= 15 is 0 Å². The molecule has 2 rings (SSSR count). The van der Waals surface area contributed by atoms with Gasteiger partial charge in [0.05, 0.1) is 5.02 Å². The highest BCUT2D eigenvalue weighted by Crippen LogP contribution is 2.48. The SMILES string of the molecule is O=C=NC1(c2c(F)ccc(F)c2Cl)CCC1. The van der Waals surface area contributed by atoms with Crippen LogP contribution in [0.2, 0.25) is 5.02 Å². The third-order valence-corrected chi connectivity index (χ3v) is 3.32. The van der Waals surface area contributed by atoms with Crippen LogP contribution in [0.1, 0.15) is 24.8 Å². The normalized spacial score (nSPS) is 17.4. The van der Waals surface area contributed by atoms with Crippen molar-refractivity contribution in [2.75, 3.05) is 0 Å². The Kier molecular flexibility index (Phi) is 2.78. The van der Waals surface area contributed by atoms with Crippen LogP contribution in [0.4, 0.5) is 8.78 Å². The quantitative estimate of drug-likeness (QED) is 0.445. The maximum atomic E-state index is 13.6. The summed E-state index contributed by atoms with van der Waals surface area (Å²) in [6.07, 6.45) is 3.19. The van der Waals surface area contributed by atoms with Crippen LogP contribution < -0.4 is 0 Å². The molecule has 0 heterocycles. The number of hydrogen-bond donors (Lipinski definition) is 0. The minimum atomic E-state index is -1.01. The van der Waals surface area contributed by atoms with Crippen LogP contribution in [-0.2, 0) is 10.3 Å². The first-order valence-electron chi connectivity index (χ1n) is 4.84. The summed E-state index contributed by atoms with van der Waals surface area (Å²) in [5, 5.41) is -0.293. The highest BCUT2D eigenvalue weighted by Gasteiger charge is 2.43. The summed E-state index contributed by atoms with van der Waals surface area (Å²) in [5.74, 6) is -1.34. The Hall–Kier alpha value is -1.25. The predicted molar refractivity (Wildman–Crippen MR) is 55.0 cm³/mol. The van der Waals surface area contributed by atoms with Gasteiger partial charge >= 0.3 is 0 Å². The van der Waals surface area contributed by atoms with Gasteiger partial charge in [-0.2, -0.15) is 4.99 Å². The Morgan fingerprint density at radius 3 is 2.44 bits per heavy atom. The summed E-state index contributed by atoms with van der Waals surface area (Å²) >= 11 is 5.73. The fraction of sp³-hybridized carbons (Fsp3) is 0.364. The van der Waals surface area contributed by atoms with Crippen molar-refractivity contribution >= 4 is 17.7 Å². The zero-order valence-corrected chi connectivity index (χ0v) is 9.02. The number of rotatable bonds is 2. The molecule has 84 valence electrons. The van der Waals surface area contributed by atoms with Crippen LogP contribution >= 0.6 is 11.6 Å². The lowest BCUT2D eigenvalue weighted by molar-refractivity contribution is 0.246. The van der Waals surface area contributed by atoms with Gasteiger partial charge in [-0.3, -0.25) is 0 Å². The molecule has 0 saturated heterocycles. The van der Waals surface area contributed by atoms with E-state index in [-0.39, 0.29) is 10.6 Å². The second-order valence-corrected chi connectivity index (χ2v) is 4.18. The molecular weight excluding hydrogens is 236 g/mol. The minimum absolute atomic E-state index is 0.0243. The van der Waals surface area contributed by atoms with Crippen molar-refractivity contribution in [3.63, 3.8) is 0 Å². The summed E-state index contributed by atoms with van der Waals surface area (Å²) in [4.78, 5) is 13.9. The number of halogens is 3. The van der Waals surface area contributed by atoms with Crippen molar-refractivity contribution in [3.8, 4) is 0 Å². The average Bonchev–Trinajstić information content (AvgIpc) is 2.20. The van der Waals surface area contributed by atoms with Crippen LogP contribution in [0.5, 0.6) is 0 Å². The van der Waals surface area contributed by atoms with Gasteiger partial charge in [0.15, 0.2) is 0 Å². The van der Waals surface area contributed by atoms with E-state index in [1.165, 1.54) is 6.08 Å². The van der Waals surface area contributed by atoms with E-state index in [0.717, 1.165) is 18.6 Å². The van der Waals surface area contributed by atoms with Gasteiger partial charge in [-0.25, -0.2) is 13.6 Å². The molecule has 0 atom stereocenters. The van der Waals surface area contributed by atoms with E-state index in [2.05, 4.69) is 4.99 Å². The lowest BCUT2D eigenvalue weighted by atomic mass is 9.72. The Balaban J connectivity index is 2.62. The molecule has 0 amide bonds. The smallest absolute Gasteiger partial charge is 0.211 e. The van der Waals surface area contributed by atoms with Gasteiger partial charge < -0.3 is 0 Å². The maximum Gasteiger partial charge on any atom is 0.235 e. The second kappa shape index (κ2) is 3.96. The lowest BCUT2D eigenvalue weighted by Gasteiger charge is -2.37. The third kappa shape index (κ3) is 1.55. The Morgan fingerprint density at radius 2 is 1.94 bits per heavy atom. The third-order valence-electron chi connectivity index (χ3n) is 2.95. The monoisotopic (exact) mass is 243 g/mol. The number of hydrogen-bond acceptors (Lipinski definition) is 2. The maximum absolute atomic E-state index is 13.6. The van der Waals surface area contributed by atoms with Crippen molar-refractivity contribution in [2.45, 2.75) is 24.8 Å². The molecule has 0 bridgehead atoms. The van der Waals surface area contributed by atoms with Crippen molar-refractivity contribution < 1.29 is 13.6 Å². The van der Waals surface area contributed by atoms with Crippen LogP contribution in [0.15, 0.2) is 17.1 Å². The molecule has 16 heavy (non-hydrogen) atoms. The molecule has 1 aromatic rings. The van der Waals surface area contributed by atoms with Crippen molar-refractivity contribution in [1.29, 1.82) is 0 Å². The van der Waals surface area contributed by atoms with Crippen LogP contribution in [-0.4, -0.2) is 6.08 Å². The Morgan fingerprint density at radius 1 is 1.31 bits per heavy atom. The molecule has 0 aliphatic heterocycles. The first kappa shape index (κ1) is 11.2. The topological polar surface area (TPSA) is 29.4 Å². The van der Waals surface area contributed by atoms with Gasteiger partial charge in [0.1, 0.15) is 17.2 Å². The summed E-state index contributed by atoms with van der Waals surface area (Å²) < 4.78 is 26.9. The molecule has 0 spiro atoms. The van der Waals surface area contributed by atoms with Crippen LogP contribution in [0, 0.1) is 11.6 Å². The molecule has 1 saturated carbocycles. The van der Waals surface area contributed by atoms with Gasteiger partial charge in [-0.1, -0.05) is 11.6 Å². The van der Waals surface area contributed by atoms with E-state index in [4.69, 9.17) is 11.6 Å². The zero-order chi connectivity index (χ0) is 11.8. The largest absolute Gasteiger partial charge is 0.235 e. The Bertz CT molecular complexity index is 479. The Labute approximate surface area is 95.9 Å². The molecule has 0 unspecified atom stereocenters. The van der Waals surface area contributed by atoms with Gasteiger partial charge in [-0.15, -0.1) is 0 Å². The average molecular weight is 244 g/mol. The number of nitrogens with zero attached hydrogens (tertiary/aromatic N) is 1. The second-order valence-electron chi connectivity index (χ2n) is 3.81. The molecule has 1 aliphatic rings. The molecule has 1 fully saturated rings. The summed E-state index contributed by atoms with van der Waals surface area (Å²) in [7, 11) is 0. The first-order valence-corrected chi connectivity index (χ1v) is 5.21. The molecule has 0 radical (unpaired) electrons. The molecule has 1 aliphatic carbocycles. The molecule has 5 heteroatoms. The van der Waals surface area contributed by atoms with Crippen molar-refractivity contribution in [3.05, 3.63) is 34.4 Å². The predicted octanol–water partition coefficient (Wildman–Crippen LogP) is 3.33. The molecule has 0 aromatic heterocycles.